The van der Waals surface area contributed by atoms with Gasteiger partial charge in [-0.15, -0.1) is 0 Å². The topological polar surface area (TPSA) is 86.8 Å². The number of ether oxygens (including phenoxy) is 3. The van der Waals surface area contributed by atoms with Crippen molar-refractivity contribution in [3.05, 3.63) is 54.4 Å². The van der Waals surface area contributed by atoms with Gasteiger partial charge in [0.05, 0.1) is 12.6 Å². The molecule has 138 valence electrons. The van der Waals surface area contributed by atoms with E-state index in [4.69, 9.17) is 14.2 Å². The van der Waals surface area contributed by atoms with Crippen LogP contribution in [-0.4, -0.2) is 42.7 Å². The molecule has 2 rings (SSSR count). The highest BCUT2D eigenvalue weighted by atomic mass is 16.6. The molecule has 1 N–H and O–H groups in total. The first-order valence-corrected chi connectivity index (χ1v) is 8.05. The summed E-state index contributed by atoms with van der Waals surface area (Å²) in [4.78, 5) is 27.9. The van der Waals surface area contributed by atoms with Gasteiger partial charge in [-0.25, -0.2) is 4.79 Å². The normalized spacial score (nSPS) is 10.7. The zero-order valence-corrected chi connectivity index (χ0v) is 15.0. The summed E-state index contributed by atoms with van der Waals surface area (Å²) >= 11 is 0. The maximum atomic E-state index is 12.2. The van der Waals surface area contributed by atoms with Crippen LogP contribution in [-0.2, 0) is 9.53 Å². The van der Waals surface area contributed by atoms with Crippen LogP contribution < -0.4 is 14.8 Å². The van der Waals surface area contributed by atoms with Crippen LogP contribution in [0.15, 0.2) is 48.8 Å². The van der Waals surface area contributed by atoms with Crippen LogP contribution in [0.5, 0.6) is 11.5 Å². The number of hydrogen-bond donors (Lipinski definition) is 1. The van der Waals surface area contributed by atoms with Crippen LogP contribution in [0.4, 0.5) is 0 Å². The number of nitrogens with one attached hydrogen (secondary N) is 1. The Morgan fingerprint density at radius 2 is 1.65 bits per heavy atom. The molecule has 0 aliphatic carbocycles. The molecule has 0 aliphatic heterocycles. The lowest BCUT2D eigenvalue weighted by Crippen LogP contribution is -2.47. The van der Waals surface area contributed by atoms with Gasteiger partial charge in [-0.05, 0) is 50.2 Å². The van der Waals surface area contributed by atoms with Crippen molar-refractivity contribution in [3.63, 3.8) is 0 Å². The Labute approximate surface area is 152 Å². The summed E-state index contributed by atoms with van der Waals surface area (Å²) in [6, 6.07) is 10.1. The van der Waals surface area contributed by atoms with Crippen molar-refractivity contribution >= 4 is 11.9 Å². The molecule has 0 saturated heterocycles. The fraction of sp³-hybridized carbons (Fsp3) is 0.316. The Morgan fingerprint density at radius 3 is 2.27 bits per heavy atom. The second-order valence-corrected chi connectivity index (χ2v) is 6.20. The van der Waals surface area contributed by atoms with Gasteiger partial charge in [0.15, 0.2) is 6.61 Å². The van der Waals surface area contributed by atoms with Crippen molar-refractivity contribution in [2.24, 2.45) is 0 Å². The van der Waals surface area contributed by atoms with E-state index in [2.05, 4.69) is 10.3 Å². The van der Waals surface area contributed by atoms with E-state index >= 15 is 0 Å². The van der Waals surface area contributed by atoms with Gasteiger partial charge in [-0.2, -0.15) is 0 Å². The highest BCUT2D eigenvalue weighted by Crippen LogP contribution is 2.17. The van der Waals surface area contributed by atoms with E-state index in [1.54, 1.807) is 69.7 Å². The molecule has 0 radical (unpaired) electrons. The molecule has 1 aromatic heterocycles. The van der Waals surface area contributed by atoms with Crippen LogP contribution in [0.1, 0.15) is 24.2 Å². The molecule has 1 amide bonds. The number of nitrogens with zero attached hydrogens (tertiary/aromatic N) is 1. The Kier molecular flexibility index (Phi) is 6.54. The van der Waals surface area contributed by atoms with E-state index in [-0.39, 0.29) is 19.1 Å². The van der Waals surface area contributed by atoms with Gasteiger partial charge in [-0.1, -0.05) is 0 Å². The van der Waals surface area contributed by atoms with Crippen LogP contribution in [0.3, 0.4) is 0 Å². The molecule has 1 aromatic carbocycles. The van der Waals surface area contributed by atoms with Gasteiger partial charge < -0.3 is 19.5 Å². The molecular formula is C19H22N2O5. The van der Waals surface area contributed by atoms with E-state index < -0.39 is 11.5 Å². The number of hydrogen-bond acceptors (Lipinski definition) is 6. The van der Waals surface area contributed by atoms with Crippen LogP contribution in [0, 0.1) is 0 Å². The van der Waals surface area contributed by atoms with Gasteiger partial charge in [0.25, 0.3) is 5.91 Å². The molecule has 0 spiro atoms. The molecule has 0 bridgehead atoms. The second kappa shape index (κ2) is 8.84. The summed E-state index contributed by atoms with van der Waals surface area (Å²) in [7, 11) is 1.57. The molecule has 0 aliphatic rings. The summed E-state index contributed by atoms with van der Waals surface area (Å²) in [5, 5.41) is 2.82. The quantitative estimate of drug-likeness (QED) is 0.728. The maximum absolute atomic E-state index is 12.2. The Morgan fingerprint density at radius 1 is 1.04 bits per heavy atom. The number of amides is 1. The summed E-state index contributed by atoms with van der Waals surface area (Å²) in [5.74, 6) is 0.453. The van der Waals surface area contributed by atoms with E-state index in [9.17, 15) is 9.59 Å². The zero-order chi connectivity index (χ0) is 19.0. The maximum Gasteiger partial charge on any atom is 0.344 e. The predicted octanol–water partition coefficient (Wildman–Crippen LogP) is 2.22. The van der Waals surface area contributed by atoms with Crippen molar-refractivity contribution in [2.45, 2.75) is 19.4 Å². The number of carbonyl (C=O) groups is 2. The fourth-order valence-electron chi connectivity index (χ4n) is 2.04. The summed E-state index contributed by atoms with van der Waals surface area (Å²) in [6.45, 7) is 3.34. The van der Waals surface area contributed by atoms with Crippen molar-refractivity contribution < 1.29 is 23.8 Å². The second-order valence-electron chi connectivity index (χ2n) is 6.20. The van der Waals surface area contributed by atoms with Crippen molar-refractivity contribution in [2.75, 3.05) is 20.3 Å². The largest absolute Gasteiger partial charge is 0.497 e. The van der Waals surface area contributed by atoms with Gasteiger partial charge in [0.2, 0.25) is 0 Å². The predicted molar refractivity (Wildman–Crippen MR) is 95.2 cm³/mol. The van der Waals surface area contributed by atoms with Crippen molar-refractivity contribution in [1.82, 2.24) is 10.3 Å². The van der Waals surface area contributed by atoms with Crippen LogP contribution in [0.2, 0.25) is 0 Å². The molecule has 0 saturated carbocycles. The number of pyridine rings is 1. The Hall–Kier alpha value is -3.09. The first kappa shape index (κ1) is 19.2. The Bertz CT molecular complexity index is 729. The summed E-state index contributed by atoms with van der Waals surface area (Å²) in [5.41, 5.74) is -0.238. The van der Waals surface area contributed by atoms with E-state index in [0.29, 0.717) is 17.1 Å². The van der Waals surface area contributed by atoms with E-state index in [1.165, 1.54) is 0 Å². The third kappa shape index (κ3) is 6.08. The monoisotopic (exact) mass is 358 g/mol. The van der Waals surface area contributed by atoms with Gasteiger partial charge >= 0.3 is 5.97 Å². The molecule has 2 aromatic rings. The highest BCUT2D eigenvalue weighted by Gasteiger charge is 2.23. The molecule has 0 atom stereocenters. The minimum Gasteiger partial charge on any atom is -0.497 e. The molecule has 0 unspecified atom stereocenters. The summed E-state index contributed by atoms with van der Waals surface area (Å²) < 4.78 is 15.6. The SMILES string of the molecule is COc1ccc(OCC(=O)OCC(C)(C)NC(=O)c2ccncc2)cc1. The lowest BCUT2D eigenvalue weighted by Gasteiger charge is -2.25. The molecular weight excluding hydrogens is 336 g/mol. The fourth-order valence-corrected chi connectivity index (χ4v) is 2.04. The highest BCUT2D eigenvalue weighted by molar-refractivity contribution is 5.94. The molecule has 1 heterocycles. The number of carbonyl (C=O) groups excluding carboxylic acids is 2. The summed E-state index contributed by atoms with van der Waals surface area (Å²) in [6.07, 6.45) is 3.08. The molecule has 0 fully saturated rings. The number of rotatable bonds is 8. The number of aromatic nitrogens is 1. The first-order chi connectivity index (χ1) is 12.4. The average molecular weight is 358 g/mol. The number of esters is 1. The lowest BCUT2D eigenvalue weighted by molar-refractivity contribution is -0.147. The number of benzene rings is 1. The minimum atomic E-state index is -0.726. The Balaban J connectivity index is 1.76. The lowest BCUT2D eigenvalue weighted by atomic mass is 10.1. The average Bonchev–Trinajstić information content (AvgIpc) is 2.65. The van der Waals surface area contributed by atoms with Gasteiger partial charge in [-0.3, -0.25) is 9.78 Å². The molecule has 26 heavy (non-hydrogen) atoms. The van der Waals surface area contributed by atoms with Crippen molar-refractivity contribution in [1.29, 1.82) is 0 Å². The van der Waals surface area contributed by atoms with E-state index in [1.807, 2.05) is 0 Å². The minimum absolute atomic E-state index is 0.0224. The first-order valence-electron chi connectivity index (χ1n) is 8.05. The third-order valence-corrected chi connectivity index (χ3v) is 3.40. The third-order valence-electron chi connectivity index (χ3n) is 3.40. The van der Waals surface area contributed by atoms with Crippen molar-refractivity contribution in [3.8, 4) is 11.5 Å². The van der Waals surface area contributed by atoms with E-state index in [0.717, 1.165) is 0 Å². The standard InChI is InChI=1S/C19H22N2O5/c1-19(2,21-18(23)14-8-10-20-11-9-14)13-26-17(22)12-25-16-6-4-15(24-3)5-7-16/h4-11H,12-13H2,1-3H3,(H,21,23). The molecule has 7 heteroatoms. The van der Waals surface area contributed by atoms with Gasteiger partial charge in [0, 0.05) is 18.0 Å². The van der Waals surface area contributed by atoms with Crippen LogP contribution in [0.25, 0.3) is 0 Å². The number of methoxy groups -OCH3 is 1. The van der Waals surface area contributed by atoms with Gasteiger partial charge in [0.1, 0.15) is 18.1 Å². The zero-order valence-electron chi connectivity index (χ0n) is 15.0. The smallest absolute Gasteiger partial charge is 0.344 e. The van der Waals surface area contributed by atoms with Crippen LogP contribution >= 0.6 is 0 Å². The molecule has 7 nitrogen and oxygen atoms in total.